The van der Waals surface area contributed by atoms with Crippen LogP contribution in [0.1, 0.15) is 13.3 Å². The molecular weight excluding hydrogens is 284 g/mol. The van der Waals surface area contributed by atoms with Gasteiger partial charge in [-0.05, 0) is 25.5 Å². The highest BCUT2D eigenvalue weighted by atomic mass is 16.5. The number of hydrazone groups is 1. The lowest BCUT2D eigenvalue weighted by Crippen LogP contribution is -2.22. The van der Waals surface area contributed by atoms with Gasteiger partial charge in [0, 0.05) is 19.4 Å². The number of carbonyl (C=O) groups is 1. The Kier molecular flexibility index (Phi) is 9.79. The first kappa shape index (κ1) is 19.4. The Labute approximate surface area is 130 Å². The first-order valence-electron chi connectivity index (χ1n) is 6.65. The lowest BCUT2D eigenvalue weighted by atomic mass is 10.3. The van der Waals surface area contributed by atoms with Gasteiger partial charge >= 0.3 is 5.97 Å². The van der Waals surface area contributed by atoms with Crippen LogP contribution in [-0.2, 0) is 9.53 Å². The third-order valence-corrected chi connectivity index (χ3v) is 2.32. The van der Waals surface area contributed by atoms with Crippen molar-refractivity contribution in [3.05, 3.63) is 49.2 Å². The number of aliphatic hydroxyl groups is 1. The van der Waals surface area contributed by atoms with Crippen LogP contribution >= 0.6 is 0 Å². The van der Waals surface area contributed by atoms with Crippen LogP contribution in [-0.4, -0.2) is 36.1 Å². The Morgan fingerprint density at radius 1 is 1.50 bits per heavy atom. The molecule has 1 aromatic rings. The molecule has 0 bridgehead atoms. The molecular formula is C16H22N2O4. The van der Waals surface area contributed by atoms with Gasteiger partial charge in [-0.2, -0.15) is 5.10 Å². The second-order valence-electron chi connectivity index (χ2n) is 3.94. The number of nitrogens with zero attached hydrogens (tertiary/aromatic N) is 2. The summed E-state index contributed by atoms with van der Waals surface area (Å²) in [4.78, 5) is 11.5. The van der Waals surface area contributed by atoms with Gasteiger partial charge in [0.15, 0.2) is 0 Å². The number of ether oxygens (including phenoxy) is 1. The third-order valence-electron chi connectivity index (χ3n) is 2.32. The highest BCUT2D eigenvalue weighted by Crippen LogP contribution is 2.23. The van der Waals surface area contributed by atoms with Crippen LogP contribution < -0.4 is 5.01 Å². The van der Waals surface area contributed by atoms with Crippen molar-refractivity contribution in [2.45, 2.75) is 13.3 Å². The Hall–Kier alpha value is -2.60. The first-order valence-corrected chi connectivity index (χ1v) is 6.65. The summed E-state index contributed by atoms with van der Waals surface area (Å²) in [5, 5.41) is 22.2. The maximum Gasteiger partial charge on any atom is 0.356 e. The average molecular weight is 306 g/mol. The number of hydrogen-bond acceptors (Lipinski definition) is 6. The van der Waals surface area contributed by atoms with Crippen LogP contribution in [0.2, 0.25) is 0 Å². The Balaban J connectivity index is 0.000000763. The molecule has 0 aliphatic heterocycles. The summed E-state index contributed by atoms with van der Waals surface area (Å²) in [6, 6.07) is 6.25. The monoisotopic (exact) mass is 306 g/mol. The van der Waals surface area contributed by atoms with E-state index in [4.69, 9.17) is 9.84 Å². The topological polar surface area (TPSA) is 82.4 Å². The number of phenolic OH excluding ortho intramolecular Hbond substituents is 1. The number of carbonyl (C=O) groups excluding carboxylic acids is 1. The van der Waals surface area contributed by atoms with Crippen LogP contribution in [0.5, 0.6) is 5.75 Å². The molecule has 120 valence electrons. The number of rotatable bonds is 7. The zero-order valence-corrected chi connectivity index (χ0v) is 12.7. The predicted octanol–water partition coefficient (Wildman–Crippen LogP) is 2.45. The predicted molar refractivity (Wildman–Crippen MR) is 87.8 cm³/mol. The van der Waals surface area contributed by atoms with E-state index in [1.54, 1.807) is 25.1 Å². The number of benzene rings is 1. The molecule has 0 amide bonds. The summed E-state index contributed by atoms with van der Waals surface area (Å²) in [6.07, 6.45) is 2.39. The molecule has 6 heteroatoms. The lowest BCUT2D eigenvalue weighted by molar-refractivity contribution is -0.138. The summed E-state index contributed by atoms with van der Waals surface area (Å²) in [5.74, 6) is -0.518. The fraction of sp³-hybridized carbons (Fsp3) is 0.250. The summed E-state index contributed by atoms with van der Waals surface area (Å²) in [6.45, 7) is 12.5. The van der Waals surface area contributed by atoms with Gasteiger partial charge < -0.3 is 14.9 Å². The molecule has 0 spiro atoms. The highest BCUT2D eigenvalue weighted by Gasteiger charge is 2.17. The van der Waals surface area contributed by atoms with Crippen molar-refractivity contribution in [2.75, 3.05) is 18.2 Å². The van der Waals surface area contributed by atoms with Crippen molar-refractivity contribution in [3.63, 3.8) is 0 Å². The first-order chi connectivity index (χ1) is 10.5. The highest BCUT2D eigenvalue weighted by molar-refractivity contribution is 5.92. The van der Waals surface area contributed by atoms with E-state index in [1.165, 1.54) is 17.1 Å². The van der Waals surface area contributed by atoms with E-state index in [2.05, 4.69) is 25.0 Å². The molecule has 0 fully saturated rings. The van der Waals surface area contributed by atoms with Crippen LogP contribution in [0.25, 0.3) is 0 Å². The molecule has 0 unspecified atom stereocenters. The van der Waals surface area contributed by atoms with Crippen LogP contribution in [0.15, 0.2) is 54.3 Å². The van der Waals surface area contributed by atoms with Crippen molar-refractivity contribution in [2.24, 2.45) is 5.10 Å². The molecule has 0 saturated carbocycles. The quantitative estimate of drug-likeness (QED) is 0.266. The van der Waals surface area contributed by atoms with E-state index < -0.39 is 5.97 Å². The van der Waals surface area contributed by atoms with Crippen LogP contribution in [0.3, 0.4) is 0 Å². The second-order valence-corrected chi connectivity index (χ2v) is 3.94. The average Bonchev–Trinajstić information content (AvgIpc) is 2.49. The Morgan fingerprint density at radius 3 is 2.59 bits per heavy atom. The SMILES string of the molecule is C=CCCO.C=NN(C(=C)C(=O)OCC)c1cccc(O)c1. The number of anilines is 1. The van der Waals surface area contributed by atoms with Crippen molar-refractivity contribution in [3.8, 4) is 5.75 Å². The molecule has 6 nitrogen and oxygen atoms in total. The lowest BCUT2D eigenvalue weighted by Gasteiger charge is -2.19. The summed E-state index contributed by atoms with van der Waals surface area (Å²) < 4.78 is 4.81. The van der Waals surface area contributed by atoms with Crippen LogP contribution in [0, 0.1) is 0 Å². The van der Waals surface area contributed by atoms with Crippen molar-refractivity contribution >= 4 is 18.4 Å². The van der Waals surface area contributed by atoms with Gasteiger partial charge in [-0.15, -0.1) is 6.58 Å². The summed E-state index contributed by atoms with van der Waals surface area (Å²) >= 11 is 0. The number of esters is 1. The molecule has 0 atom stereocenters. The van der Waals surface area contributed by atoms with E-state index in [-0.39, 0.29) is 24.7 Å². The Morgan fingerprint density at radius 2 is 2.18 bits per heavy atom. The maximum atomic E-state index is 11.5. The molecule has 0 heterocycles. The van der Waals surface area contributed by atoms with Gasteiger partial charge in [0.1, 0.15) is 11.4 Å². The van der Waals surface area contributed by atoms with Gasteiger partial charge in [0.05, 0.1) is 12.3 Å². The van der Waals surface area contributed by atoms with Gasteiger partial charge in [-0.1, -0.05) is 18.7 Å². The molecule has 22 heavy (non-hydrogen) atoms. The maximum absolute atomic E-state index is 11.5. The molecule has 0 aromatic heterocycles. The van der Waals surface area contributed by atoms with Crippen molar-refractivity contribution in [1.82, 2.24) is 0 Å². The van der Waals surface area contributed by atoms with E-state index in [0.29, 0.717) is 12.1 Å². The van der Waals surface area contributed by atoms with Crippen LogP contribution in [0.4, 0.5) is 5.69 Å². The summed E-state index contributed by atoms with van der Waals surface area (Å²) in [5.41, 5.74) is 0.519. The molecule has 0 aliphatic rings. The minimum Gasteiger partial charge on any atom is -0.508 e. The smallest absolute Gasteiger partial charge is 0.356 e. The molecule has 0 radical (unpaired) electrons. The normalized spacial score (nSPS) is 9.00. The largest absolute Gasteiger partial charge is 0.508 e. The minimum atomic E-state index is -0.580. The van der Waals surface area contributed by atoms with E-state index in [0.717, 1.165) is 0 Å². The zero-order chi connectivity index (χ0) is 17.0. The van der Waals surface area contributed by atoms with E-state index in [9.17, 15) is 9.90 Å². The number of aromatic hydroxyl groups is 1. The summed E-state index contributed by atoms with van der Waals surface area (Å²) in [7, 11) is 0. The molecule has 1 aromatic carbocycles. The van der Waals surface area contributed by atoms with E-state index in [1.807, 2.05) is 0 Å². The Bertz CT molecular complexity index is 515. The van der Waals surface area contributed by atoms with Crippen molar-refractivity contribution in [1.29, 1.82) is 0 Å². The standard InChI is InChI=1S/C12H14N2O3.C4H8O/c1-4-17-12(16)9(2)14(13-3)10-6-5-7-11(15)8-10;1-2-3-4-5/h5-8,15H,2-4H2,1H3;2,5H,1,3-4H2. The number of hydrogen-bond donors (Lipinski definition) is 2. The van der Waals surface area contributed by atoms with Gasteiger partial charge in [-0.3, -0.25) is 0 Å². The van der Waals surface area contributed by atoms with Gasteiger partial charge in [0.2, 0.25) is 0 Å². The number of phenols is 1. The molecule has 0 aliphatic carbocycles. The molecule has 2 N–H and O–H groups in total. The second kappa shape index (κ2) is 11.1. The number of aliphatic hydroxyl groups excluding tert-OH is 1. The third kappa shape index (κ3) is 6.71. The fourth-order valence-electron chi connectivity index (χ4n) is 1.34. The molecule has 1 rings (SSSR count). The van der Waals surface area contributed by atoms with Gasteiger partial charge in [0.25, 0.3) is 0 Å². The van der Waals surface area contributed by atoms with Gasteiger partial charge in [-0.25, -0.2) is 9.80 Å². The molecule has 0 saturated heterocycles. The van der Waals surface area contributed by atoms with Crippen molar-refractivity contribution < 1.29 is 19.7 Å². The zero-order valence-electron chi connectivity index (χ0n) is 12.7. The van der Waals surface area contributed by atoms with E-state index >= 15 is 0 Å². The fourth-order valence-corrected chi connectivity index (χ4v) is 1.34. The minimum absolute atomic E-state index is 0.0347.